The molecular weight excluding hydrogens is 524 g/mol. The van der Waals surface area contributed by atoms with E-state index in [1.807, 2.05) is 24.3 Å². The Morgan fingerprint density at radius 2 is 0.628 bits per heavy atom. The third-order valence-corrected chi connectivity index (χ3v) is 7.78. The molecule has 0 aliphatic heterocycles. The van der Waals surface area contributed by atoms with Gasteiger partial charge in [0.15, 0.2) is 0 Å². The van der Waals surface area contributed by atoms with Crippen LogP contribution in [0.3, 0.4) is 0 Å². The van der Waals surface area contributed by atoms with Crippen LogP contribution in [0.15, 0.2) is 146 Å². The van der Waals surface area contributed by atoms with Gasteiger partial charge in [0.1, 0.15) is 11.5 Å². The SMILES string of the molecule is Cc1ccc(-c2ccc(N(c3ccc(C)cc3)c3ccc(Oc4ccc(N(C)c5ccc(C)cc5)cc4)cc3)cc2)cc1. The van der Waals surface area contributed by atoms with Crippen LogP contribution in [0.1, 0.15) is 16.7 Å². The van der Waals surface area contributed by atoms with E-state index in [0.29, 0.717) is 0 Å². The molecule has 0 aliphatic carbocycles. The van der Waals surface area contributed by atoms with Gasteiger partial charge in [-0.15, -0.1) is 0 Å². The molecule has 43 heavy (non-hydrogen) atoms. The van der Waals surface area contributed by atoms with Gasteiger partial charge in [-0.2, -0.15) is 0 Å². The van der Waals surface area contributed by atoms with E-state index in [4.69, 9.17) is 4.74 Å². The molecule has 0 amide bonds. The molecule has 212 valence electrons. The second-order valence-electron chi connectivity index (χ2n) is 11.1. The molecule has 6 rings (SSSR count). The molecule has 0 saturated heterocycles. The first kappa shape index (κ1) is 27.9. The van der Waals surface area contributed by atoms with E-state index in [0.717, 1.165) is 39.9 Å². The molecule has 3 heteroatoms. The van der Waals surface area contributed by atoms with E-state index in [1.54, 1.807) is 0 Å². The predicted octanol–water partition coefficient (Wildman–Crippen LogP) is 11.3. The van der Waals surface area contributed by atoms with Gasteiger partial charge >= 0.3 is 0 Å². The third-order valence-electron chi connectivity index (χ3n) is 7.78. The highest BCUT2D eigenvalue weighted by Gasteiger charge is 2.13. The third kappa shape index (κ3) is 6.47. The Morgan fingerprint density at radius 1 is 0.349 bits per heavy atom. The summed E-state index contributed by atoms with van der Waals surface area (Å²) in [5, 5.41) is 0. The lowest BCUT2D eigenvalue weighted by molar-refractivity contribution is 0.483. The van der Waals surface area contributed by atoms with Gasteiger partial charge in [-0.05, 0) is 117 Å². The van der Waals surface area contributed by atoms with Gasteiger partial charge in [0.25, 0.3) is 0 Å². The van der Waals surface area contributed by atoms with Crippen molar-refractivity contribution < 1.29 is 4.74 Å². The Labute approximate surface area is 255 Å². The fourth-order valence-corrected chi connectivity index (χ4v) is 5.14. The Balaban J connectivity index is 1.22. The zero-order chi connectivity index (χ0) is 29.8. The summed E-state index contributed by atoms with van der Waals surface area (Å²) in [5.74, 6) is 1.60. The van der Waals surface area contributed by atoms with Crippen molar-refractivity contribution >= 4 is 28.4 Å². The fraction of sp³-hybridized carbons (Fsp3) is 0.100. The van der Waals surface area contributed by atoms with E-state index in [2.05, 4.69) is 159 Å². The van der Waals surface area contributed by atoms with E-state index >= 15 is 0 Å². The van der Waals surface area contributed by atoms with E-state index in [-0.39, 0.29) is 0 Å². The first-order valence-electron chi connectivity index (χ1n) is 14.7. The van der Waals surface area contributed by atoms with Gasteiger partial charge in [-0.3, -0.25) is 0 Å². The van der Waals surface area contributed by atoms with Crippen molar-refractivity contribution in [2.24, 2.45) is 0 Å². The maximum atomic E-state index is 6.23. The average Bonchev–Trinajstić information content (AvgIpc) is 3.04. The Bertz CT molecular complexity index is 1770. The van der Waals surface area contributed by atoms with Crippen LogP contribution in [0.25, 0.3) is 11.1 Å². The highest BCUT2D eigenvalue weighted by Crippen LogP contribution is 2.37. The van der Waals surface area contributed by atoms with Crippen LogP contribution in [-0.2, 0) is 0 Å². The number of anilines is 5. The number of rotatable bonds is 8. The van der Waals surface area contributed by atoms with E-state index in [1.165, 1.54) is 27.8 Å². The van der Waals surface area contributed by atoms with Gasteiger partial charge in [0.2, 0.25) is 0 Å². The highest BCUT2D eigenvalue weighted by molar-refractivity contribution is 5.78. The van der Waals surface area contributed by atoms with Gasteiger partial charge in [0.05, 0.1) is 0 Å². The van der Waals surface area contributed by atoms with Gasteiger partial charge in [-0.25, -0.2) is 0 Å². The summed E-state index contributed by atoms with van der Waals surface area (Å²) in [7, 11) is 2.08. The Kier molecular flexibility index (Phi) is 7.97. The molecule has 0 unspecified atom stereocenters. The van der Waals surface area contributed by atoms with Crippen molar-refractivity contribution in [3.05, 3.63) is 162 Å². The molecule has 0 fully saturated rings. The molecule has 0 aromatic heterocycles. The maximum Gasteiger partial charge on any atom is 0.127 e. The second kappa shape index (κ2) is 12.3. The molecule has 0 bridgehead atoms. The Morgan fingerprint density at radius 3 is 1.05 bits per heavy atom. The lowest BCUT2D eigenvalue weighted by Gasteiger charge is -2.26. The van der Waals surface area contributed by atoms with Crippen molar-refractivity contribution in [3.63, 3.8) is 0 Å². The minimum Gasteiger partial charge on any atom is -0.457 e. The van der Waals surface area contributed by atoms with Gasteiger partial charge in [-0.1, -0.05) is 77.4 Å². The summed E-state index contributed by atoms with van der Waals surface area (Å²) in [5.41, 5.74) is 11.7. The van der Waals surface area contributed by atoms with E-state index < -0.39 is 0 Å². The quantitative estimate of drug-likeness (QED) is 0.184. The van der Waals surface area contributed by atoms with Crippen molar-refractivity contribution in [1.29, 1.82) is 0 Å². The first-order chi connectivity index (χ1) is 20.9. The first-order valence-corrected chi connectivity index (χ1v) is 14.7. The van der Waals surface area contributed by atoms with Gasteiger partial charge in [0, 0.05) is 35.5 Å². The summed E-state index contributed by atoms with van der Waals surface area (Å²) in [6.07, 6.45) is 0. The molecule has 0 atom stereocenters. The molecule has 0 spiro atoms. The molecule has 3 nitrogen and oxygen atoms in total. The van der Waals surface area contributed by atoms with Gasteiger partial charge < -0.3 is 14.5 Å². The number of hydrogen-bond donors (Lipinski definition) is 0. The van der Waals surface area contributed by atoms with E-state index in [9.17, 15) is 0 Å². The average molecular weight is 561 g/mol. The van der Waals surface area contributed by atoms with Crippen LogP contribution in [0, 0.1) is 20.8 Å². The summed E-state index contributed by atoms with van der Waals surface area (Å²) in [4.78, 5) is 4.45. The normalized spacial score (nSPS) is 10.8. The molecule has 0 heterocycles. The van der Waals surface area contributed by atoms with Crippen molar-refractivity contribution in [1.82, 2.24) is 0 Å². The molecule has 0 N–H and O–H groups in total. The summed E-state index contributed by atoms with van der Waals surface area (Å²) in [6, 6.07) is 51.1. The number of nitrogens with zero attached hydrogens (tertiary/aromatic N) is 2. The maximum absolute atomic E-state index is 6.23. The van der Waals surface area contributed by atoms with Crippen molar-refractivity contribution in [2.75, 3.05) is 16.8 Å². The molecule has 0 radical (unpaired) electrons. The lowest BCUT2D eigenvalue weighted by atomic mass is 10.0. The monoisotopic (exact) mass is 560 g/mol. The topological polar surface area (TPSA) is 15.7 Å². The number of ether oxygens (including phenoxy) is 1. The number of aryl methyl sites for hydroxylation is 3. The lowest BCUT2D eigenvalue weighted by Crippen LogP contribution is -2.09. The molecule has 0 saturated carbocycles. The van der Waals surface area contributed by atoms with Crippen molar-refractivity contribution in [3.8, 4) is 22.6 Å². The van der Waals surface area contributed by atoms with Crippen LogP contribution in [0.4, 0.5) is 28.4 Å². The summed E-state index contributed by atoms with van der Waals surface area (Å²) < 4.78 is 6.23. The number of benzene rings is 6. The summed E-state index contributed by atoms with van der Waals surface area (Å²) >= 11 is 0. The highest BCUT2D eigenvalue weighted by atomic mass is 16.5. The van der Waals surface area contributed by atoms with Crippen LogP contribution < -0.4 is 14.5 Å². The fourth-order valence-electron chi connectivity index (χ4n) is 5.14. The van der Waals surface area contributed by atoms with Crippen LogP contribution >= 0.6 is 0 Å². The molecular formula is C40H36N2O. The summed E-state index contributed by atoms with van der Waals surface area (Å²) in [6.45, 7) is 6.33. The minimum absolute atomic E-state index is 0.793. The smallest absolute Gasteiger partial charge is 0.127 e. The van der Waals surface area contributed by atoms with Crippen LogP contribution in [0.5, 0.6) is 11.5 Å². The predicted molar refractivity (Wildman–Crippen MR) is 182 cm³/mol. The molecule has 0 aliphatic rings. The Hall–Kier alpha value is -5.28. The second-order valence-corrected chi connectivity index (χ2v) is 11.1. The number of hydrogen-bond acceptors (Lipinski definition) is 3. The van der Waals surface area contributed by atoms with Crippen molar-refractivity contribution in [2.45, 2.75) is 20.8 Å². The molecule has 6 aromatic rings. The zero-order valence-corrected chi connectivity index (χ0v) is 25.2. The largest absolute Gasteiger partial charge is 0.457 e. The zero-order valence-electron chi connectivity index (χ0n) is 25.2. The molecule has 6 aromatic carbocycles. The standard InChI is InChI=1S/C40H36N2O/c1-29-5-11-32(12-6-29)33-13-19-37(20-14-33)42(36-17-9-31(3)10-18-36)38-23-27-40(28-24-38)43-39-25-21-35(22-26-39)41(4)34-15-7-30(2)8-16-34/h5-28H,1-4H3. The van der Waals surface area contributed by atoms with Crippen LogP contribution in [-0.4, -0.2) is 7.05 Å². The van der Waals surface area contributed by atoms with Crippen LogP contribution in [0.2, 0.25) is 0 Å². The minimum atomic E-state index is 0.793.